The molecular weight excluding hydrogens is 1960 g/mol. The Balaban J connectivity index is 1.30. The lowest BCUT2D eigenvalue weighted by Gasteiger charge is -2.51. The van der Waals surface area contributed by atoms with Crippen molar-refractivity contribution in [2.45, 2.75) is 305 Å². The van der Waals surface area contributed by atoms with Crippen LogP contribution in [0.4, 0.5) is 0 Å². The summed E-state index contributed by atoms with van der Waals surface area (Å²) in [5.41, 5.74) is 0. The summed E-state index contributed by atoms with van der Waals surface area (Å²) in [6, 6.07) is 0. The average Bonchev–Trinajstić information content (AvgIpc) is 0.865. The van der Waals surface area contributed by atoms with E-state index in [1.807, 2.05) is 0 Å². The zero-order valence-electron chi connectivity index (χ0n) is 71.5. The zero-order valence-corrected chi connectivity index (χ0v) is 77.2. The number of hydrogen-bond acceptors (Lipinski definition) is 49. The smallest absolute Gasteiger partial charge is 0.264 e. The molecule has 0 aromatic carbocycles. The van der Waals surface area contributed by atoms with Gasteiger partial charge in [-0.1, -0.05) is 0 Å². The number of hydrogen-bond donors (Lipinski definition) is 21. The Morgan fingerprint density at radius 1 is 0.173 bits per heavy atom. The van der Waals surface area contributed by atoms with Gasteiger partial charge in [0.15, 0.2) is 44.0 Å². The highest BCUT2D eigenvalue weighted by Crippen LogP contribution is 2.42. The maximum Gasteiger partial charge on any atom is 0.264 e. The Morgan fingerprint density at radius 2 is 0.278 bits per heavy atom. The third-order valence-electron chi connectivity index (χ3n) is 22.4. The van der Waals surface area contributed by atoms with Crippen LogP contribution in [-0.2, 0) is 170 Å². The van der Waals surface area contributed by atoms with Gasteiger partial charge < -0.3 is 171 Å². The molecule has 21 fully saturated rings. The summed E-state index contributed by atoms with van der Waals surface area (Å²) in [7, 11) is -32.5. The number of rotatable bonds is 49. The van der Waals surface area contributed by atoms with E-state index in [1.165, 1.54) is 0 Å². The summed E-state index contributed by atoms with van der Waals surface area (Å²) in [5.74, 6) is -5.98. The van der Waals surface area contributed by atoms with Gasteiger partial charge in [-0.25, -0.2) is 0 Å². The molecule has 0 spiro atoms. The van der Waals surface area contributed by atoms with Gasteiger partial charge in [0.25, 0.3) is 70.8 Å². The van der Waals surface area contributed by atoms with Crippen LogP contribution in [0.25, 0.3) is 0 Å². The van der Waals surface area contributed by atoms with Crippen molar-refractivity contribution in [2.24, 2.45) is 0 Å². The molecule has 21 saturated heterocycles. The Kier molecular flexibility index (Phi) is 46.8. The zero-order chi connectivity index (χ0) is 98.3. The summed E-state index contributed by atoms with van der Waals surface area (Å²) in [5, 5.41) is 169. The molecule has 35 unspecified atom stereocenters. The van der Waals surface area contributed by atoms with E-state index in [0.717, 1.165) is 0 Å². The Labute approximate surface area is 766 Å². The van der Waals surface area contributed by atoms with E-state index >= 15 is 0 Å². The lowest BCUT2D eigenvalue weighted by Crippen LogP contribution is -2.69. The number of aliphatic hydroxyl groups excluding tert-OH is 14. The van der Waals surface area contributed by atoms with Gasteiger partial charge in [0.2, 0.25) is 0 Å². The molecule has 0 aliphatic carbocycles. The first-order valence-corrected chi connectivity index (χ1v) is 53.9. The Hall–Kier alpha value is -2.03. The first kappa shape index (κ1) is 116. The molecule has 14 bridgehead atoms. The van der Waals surface area contributed by atoms with Crippen LogP contribution in [0.15, 0.2) is 0 Å². The minimum absolute atomic E-state index is 0.285. The second kappa shape index (κ2) is 53.5. The maximum atomic E-state index is 12.8. The molecule has 0 aromatic heterocycles. The number of aliphatic hydroxyl groups is 14. The molecular formula is C70H126O56S7. The highest BCUT2D eigenvalue weighted by Gasteiger charge is 2.62. The molecule has 63 heteroatoms. The summed E-state index contributed by atoms with van der Waals surface area (Å²) in [4.78, 5) is 0. The molecule has 0 saturated carbocycles. The molecule has 21 aliphatic heterocycles. The van der Waals surface area contributed by atoms with E-state index in [2.05, 4.69) is 0 Å². The van der Waals surface area contributed by atoms with Crippen molar-refractivity contribution in [3.05, 3.63) is 0 Å². The van der Waals surface area contributed by atoms with E-state index in [9.17, 15) is 162 Å². The van der Waals surface area contributed by atoms with E-state index < -0.39 is 419 Å². The van der Waals surface area contributed by atoms with Crippen LogP contribution in [0.3, 0.4) is 0 Å². The average molecular weight is 2090 g/mol. The maximum absolute atomic E-state index is 12.8. The second-order valence-electron chi connectivity index (χ2n) is 32.5. The molecule has 21 heterocycles. The van der Waals surface area contributed by atoms with Crippen LogP contribution in [-0.4, -0.2) is 510 Å². The van der Waals surface area contributed by atoms with Crippen molar-refractivity contribution in [1.29, 1.82) is 0 Å². The summed E-state index contributed by atoms with van der Waals surface area (Å²) in [6.07, 6.45) is -79.0. The number of unbranched alkanes of at least 4 members (excludes halogenated alkanes) is 7. The standard InChI is InChI=1S/C70H126O56S7/c71-29-36-50-43(78)57(106-15-1-8-22-127(85,86)87)64(113-36)120-51-37(30-72)114-66(58(44(51)79)107-16-2-9-23-128(88,89)90)122-53-39(32-74)116-68(60(46(53)81)109-18-4-11-25-130(94,95)96)124-55-41(34-76)118-70(62(48(55)83)111-20-6-13-27-132(100,101)102)126-56-42(35-77)119-69(63(49(56)84)112-21-7-14-28-133(103,104)105)125-54-40(33-75)117-67(61(47(54)82)110-19-5-12-26-131(97,98)99)123-52-38(31-73)115-65(121-50)59(45(52)80)108-17-3-10-24-129(91,92)93/h36-84H,1-35H2,(H,85,86,87)(H,88,89,90)(H,91,92,93)(H,94,95,96)(H,97,98,99)(H,100,101,102)(H,103,104,105). The second-order valence-corrected chi connectivity index (χ2v) is 43.5. The Morgan fingerprint density at radius 3 is 0.368 bits per heavy atom. The molecule has 0 aromatic rings. The van der Waals surface area contributed by atoms with Crippen molar-refractivity contribution < 1.29 is 262 Å². The van der Waals surface area contributed by atoms with Gasteiger partial charge in [0.05, 0.1) is 86.5 Å². The van der Waals surface area contributed by atoms with Gasteiger partial charge in [0.1, 0.15) is 171 Å². The van der Waals surface area contributed by atoms with Crippen LogP contribution in [0, 0.1) is 0 Å². The van der Waals surface area contributed by atoms with Crippen molar-refractivity contribution in [2.75, 3.05) is 133 Å². The normalized spacial score (nSPS) is 37.9. The predicted octanol–water partition coefficient (Wildman–Crippen LogP) is -10.4. The van der Waals surface area contributed by atoms with Gasteiger partial charge in [-0.05, 0) is 89.9 Å². The van der Waals surface area contributed by atoms with Gasteiger partial charge in [0, 0.05) is 46.2 Å². The van der Waals surface area contributed by atoms with Crippen molar-refractivity contribution in [3.8, 4) is 0 Å². The van der Waals surface area contributed by atoms with Gasteiger partial charge in [-0.3, -0.25) is 31.9 Å². The largest absolute Gasteiger partial charge is 0.394 e. The van der Waals surface area contributed by atoms with Crippen molar-refractivity contribution in [1.82, 2.24) is 0 Å². The van der Waals surface area contributed by atoms with Crippen molar-refractivity contribution >= 4 is 70.8 Å². The summed E-state index contributed by atoms with van der Waals surface area (Å²) < 4.78 is 365. The minimum Gasteiger partial charge on any atom is -0.394 e. The highest BCUT2D eigenvalue weighted by atomic mass is 32.2. The van der Waals surface area contributed by atoms with Gasteiger partial charge in [-0.15, -0.1) is 0 Å². The van der Waals surface area contributed by atoms with E-state index in [4.69, 9.17) is 99.5 Å². The third kappa shape index (κ3) is 36.1. The fourth-order valence-electron chi connectivity index (χ4n) is 15.8. The molecule has 21 aliphatic rings. The molecule has 0 amide bonds. The molecule has 21 rings (SSSR count). The molecule has 35 atom stereocenters. The topological polar surface area (TPSA) is 858 Å². The van der Waals surface area contributed by atoms with Crippen LogP contribution < -0.4 is 0 Å². The quantitative estimate of drug-likeness (QED) is 0.0199. The molecule has 56 nitrogen and oxygen atoms in total. The first-order valence-electron chi connectivity index (χ1n) is 42.6. The van der Waals surface area contributed by atoms with Gasteiger partial charge in [-0.2, -0.15) is 58.9 Å². The third-order valence-corrected chi connectivity index (χ3v) is 28.0. The first-order chi connectivity index (χ1) is 62.4. The Bertz CT molecular complexity index is 3520. The molecule has 21 N–H and O–H groups in total. The summed E-state index contributed by atoms with van der Waals surface area (Å²) in [6.45, 7) is -13.0. The minimum atomic E-state index is -4.64. The molecule has 133 heavy (non-hydrogen) atoms. The lowest BCUT2D eigenvalue weighted by atomic mass is 9.94. The number of ether oxygens (including phenoxy) is 21. The van der Waals surface area contributed by atoms with Crippen LogP contribution in [0.5, 0.6) is 0 Å². The molecule has 0 radical (unpaired) electrons. The lowest BCUT2D eigenvalue weighted by molar-refractivity contribution is -0.402. The van der Waals surface area contributed by atoms with Crippen LogP contribution >= 0.6 is 0 Å². The summed E-state index contributed by atoms with van der Waals surface area (Å²) >= 11 is 0. The highest BCUT2D eigenvalue weighted by molar-refractivity contribution is 7.87. The fraction of sp³-hybridized carbons (Fsp3) is 1.00. The van der Waals surface area contributed by atoms with E-state index in [-0.39, 0.29) is 89.9 Å². The van der Waals surface area contributed by atoms with E-state index in [1.54, 1.807) is 0 Å². The van der Waals surface area contributed by atoms with Crippen LogP contribution in [0.2, 0.25) is 0 Å². The fourth-order valence-corrected chi connectivity index (χ4v) is 19.8. The van der Waals surface area contributed by atoms with Gasteiger partial charge >= 0.3 is 0 Å². The molecule has 784 valence electrons. The monoisotopic (exact) mass is 2090 g/mol. The van der Waals surface area contributed by atoms with Crippen molar-refractivity contribution in [3.63, 3.8) is 0 Å². The van der Waals surface area contributed by atoms with E-state index in [0.29, 0.717) is 0 Å². The SMILES string of the molecule is O=S(=O)(O)CCCCOC1C2OC(CO)C(OC3OC(CO)C(OC4OC(CO)C(OC5OC(CO)C(OC6OC(CO)C(OC7OC(CO)C(OC8OC(CO)C(O2)C(O)C8OCCCCS(=O)(=O)O)C(O)C7OCCCCS(=O)(=O)O)C(O)C6OCCCCS(=O)(=O)O)C(O)C5OCCCCS(=O)(=O)O)C(O)C4OCCCCS(=O)(=O)O)C(O)C3OCCCCS(=O)(=O)O)C1O. The van der Waals surface area contributed by atoms with Crippen LogP contribution in [0.1, 0.15) is 89.9 Å². The predicted molar refractivity (Wildman–Crippen MR) is 434 cm³/mol.